The van der Waals surface area contributed by atoms with Gasteiger partial charge in [-0.1, -0.05) is 39.0 Å². The summed E-state index contributed by atoms with van der Waals surface area (Å²) in [5.41, 5.74) is 13.0. The van der Waals surface area contributed by atoms with Crippen molar-refractivity contribution in [1.82, 2.24) is 0 Å². The van der Waals surface area contributed by atoms with Gasteiger partial charge in [0.15, 0.2) is 0 Å². The van der Waals surface area contributed by atoms with Gasteiger partial charge in [0.2, 0.25) is 0 Å². The van der Waals surface area contributed by atoms with Crippen molar-refractivity contribution < 1.29 is 5.11 Å². The summed E-state index contributed by atoms with van der Waals surface area (Å²) < 4.78 is 0. The molecule has 0 bridgehead atoms. The van der Waals surface area contributed by atoms with E-state index in [1.54, 1.807) is 0 Å². The molecule has 0 unspecified atom stereocenters. The molecule has 0 amide bonds. The molecule has 1 rings (SSSR count). The van der Waals surface area contributed by atoms with Crippen LogP contribution < -0.4 is 11.5 Å². The maximum atomic E-state index is 10.2. The molecular weight excluding hydrogens is 200 g/mol. The van der Waals surface area contributed by atoms with E-state index in [0.717, 1.165) is 17.5 Å². The van der Waals surface area contributed by atoms with Crippen molar-refractivity contribution in [2.75, 3.05) is 6.54 Å². The van der Waals surface area contributed by atoms with Crippen LogP contribution in [0.4, 0.5) is 0 Å². The summed E-state index contributed by atoms with van der Waals surface area (Å²) in [6.45, 7) is 6.66. The molecule has 1 atom stereocenters. The van der Waals surface area contributed by atoms with E-state index in [1.165, 1.54) is 0 Å². The van der Waals surface area contributed by atoms with E-state index in [4.69, 9.17) is 11.5 Å². The topological polar surface area (TPSA) is 72.3 Å². The van der Waals surface area contributed by atoms with Crippen LogP contribution in [-0.2, 0) is 5.41 Å². The number of hydrogen-bond donors (Lipinski definition) is 3. The Kier molecular flexibility index (Phi) is 3.94. The van der Waals surface area contributed by atoms with E-state index in [0.29, 0.717) is 12.3 Å². The Morgan fingerprint density at radius 1 is 1.38 bits per heavy atom. The number of rotatable bonds is 4. The van der Waals surface area contributed by atoms with Gasteiger partial charge in [0.1, 0.15) is 5.75 Å². The lowest BCUT2D eigenvalue weighted by Gasteiger charge is -2.26. The molecule has 0 saturated heterocycles. The predicted molar refractivity (Wildman–Crippen MR) is 67.4 cm³/mol. The Morgan fingerprint density at radius 2 is 2.00 bits per heavy atom. The molecule has 0 saturated carbocycles. The van der Waals surface area contributed by atoms with Crippen LogP contribution in [0.25, 0.3) is 0 Å². The number of aromatic hydroxyl groups is 1. The van der Waals surface area contributed by atoms with Crippen molar-refractivity contribution in [2.24, 2.45) is 11.5 Å². The molecular formula is C13H22N2O. The van der Waals surface area contributed by atoms with E-state index in [2.05, 4.69) is 20.8 Å². The van der Waals surface area contributed by atoms with Gasteiger partial charge in [-0.15, -0.1) is 0 Å². The van der Waals surface area contributed by atoms with Crippen LogP contribution in [0.2, 0.25) is 0 Å². The Morgan fingerprint density at radius 3 is 2.50 bits per heavy atom. The van der Waals surface area contributed by atoms with Gasteiger partial charge in [-0.3, -0.25) is 0 Å². The standard InChI is InChI=1S/C13H22N2O/c1-4-13(2,3)10-7-5-6-9(12(10)16)11(15)8-14/h5-7,11,16H,4,8,14-15H2,1-3H3/t11-/m0/s1. The molecule has 1 aromatic carbocycles. The summed E-state index contributed by atoms with van der Waals surface area (Å²) >= 11 is 0. The first-order valence-corrected chi connectivity index (χ1v) is 5.72. The molecule has 0 aliphatic carbocycles. The van der Waals surface area contributed by atoms with Gasteiger partial charge < -0.3 is 16.6 Å². The lowest BCUT2D eigenvalue weighted by Crippen LogP contribution is -2.22. The Balaban J connectivity index is 3.24. The Hall–Kier alpha value is -1.06. The summed E-state index contributed by atoms with van der Waals surface area (Å²) in [4.78, 5) is 0. The summed E-state index contributed by atoms with van der Waals surface area (Å²) in [6.07, 6.45) is 0.960. The van der Waals surface area contributed by atoms with Crippen LogP contribution in [0.1, 0.15) is 44.4 Å². The highest BCUT2D eigenvalue weighted by molar-refractivity contribution is 5.45. The van der Waals surface area contributed by atoms with Gasteiger partial charge >= 0.3 is 0 Å². The minimum atomic E-state index is -0.299. The average Bonchev–Trinajstić information content (AvgIpc) is 2.28. The smallest absolute Gasteiger partial charge is 0.124 e. The average molecular weight is 222 g/mol. The van der Waals surface area contributed by atoms with Crippen LogP contribution >= 0.6 is 0 Å². The predicted octanol–water partition coefficient (Wildman–Crippen LogP) is 2.04. The summed E-state index contributed by atoms with van der Waals surface area (Å²) in [7, 11) is 0. The first kappa shape index (κ1) is 13.0. The molecule has 0 aliphatic rings. The molecule has 0 heterocycles. The third-order valence-electron chi connectivity index (χ3n) is 3.33. The van der Waals surface area contributed by atoms with Gasteiger partial charge in [0.05, 0.1) is 0 Å². The minimum absolute atomic E-state index is 0.0472. The highest BCUT2D eigenvalue weighted by Crippen LogP contribution is 2.36. The van der Waals surface area contributed by atoms with Crippen LogP contribution in [0.3, 0.4) is 0 Å². The lowest BCUT2D eigenvalue weighted by molar-refractivity contribution is 0.419. The monoisotopic (exact) mass is 222 g/mol. The first-order chi connectivity index (χ1) is 7.44. The van der Waals surface area contributed by atoms with Crippen molar-refractivity contribution in [2.45, 2.75) is 38.6 Å². The largest absolute Gasteiger partial charge is 0.507 e. The number of phenolic OH excluding ortho intramolecular Hbond substituents is 1. The molecule has 16 heavy (non-hydrogen) atoms. The van der Waals surface area contributed by atoms with E-state index in [1.807, 2.05) is 18.2 Å². The normalized spacial score (nSPS) is 13.8. The van der Waals surface area contributed by atoms with Crippen molar-refractivity contribution in [3.05, 3.63) is 29.3 Å². The zero-order valence-electron chi connectivity index (χ0n) is 10.3. The SMILES string of the molecule is CCC(C)(C)c1cccc([C@@H](N)CN)c1O. The quantitative estimate of drug-likeness (QED) is 0.730. The molecule has 0 radical (unpaired) electrons. The molecule has 5 N–H and O–H groups in total. The van der Waals surface area contributed by atoms with Crippen LogP contribution in [0, 0.1) is 0 Å². The zero-order chi connectivity index (χ0) is 12.3. The molecule has 0 fully saturated rings. The number of hydrogen-bond acceptors (Lipinski definition) is 3. The van der Waals surface area contributed by atoms with Crippen LogP contribution in [-0.4, -0.2) is 11.7 Å². The fraction of sp³-hybridized carbons (Fsp3) is 0.538. The third kappa shape index (κ3) is 2.36. The van der Waals surface area contributed by atoms with E-state index < -0.39 is 0 Å². The van der Waals surface area contributed by atoms with E-state index in [-0.39, 0.29) is 11.5 Å². The van der Waals surface area contributed by atoms with Gasteiger partial charge in [-0.25, -0.2) is 0 Å². The van der Waals surface area contributed by atoms with Gasteiger partial charge in [-0.05, 0) is 17.4 Å². The molecule has 0 aliphatic heterocycles. The molecule has 1 aromatic rings. The third-order valence-corrected chi connectivity index (χ3v) is 3.33. The van der Waals surface area contributed by atoms with Crippen molar-refractivity contribution >= 4 is 0 Å². The van der Waals surface area contributed by atoms with Gasteiger partial charge in [0, 0.05) is 18.2 Å². The maximum absolute atomic E-state index is 10.2. The van der Waals surface area contributed by atoms with Crippen molar-refractivity contribution in [1.29, 1.82) is 0 Å². The second kappa shape index (κ2) is 4.85. The molecule has 3 heteroatoms. The highest BCUT2D eigenvalue weighted by Gasteiger charge is 2.24. The molecule has 0 aromatic heterocycles. The van der Waals surface area contributed by atoms with Crippen molar-refractivity contribution in [3.8, 4) is 5.75 Å². The lowest BCUT2D eigenvalue weighted by atomic mass is 9.80. The van der Waals surface area contributed by atoms with Crippen molar-refractivity contribution in [3.63, 3.8) is 0 Å². The fourth-order valence-corrected chi connectivity index (χ4v) is 1.72. The number of benzene rings is 1. The number of para-hydroxylation sites is 1. The zero-order valence-corrected chi connectivity index (χ0v) is 10.3. The maximum Gasteiger partial charge on any atom is 0.124 e. The fourth-order valence-electron chi connectivity index (χ4n) is 1.72. The summed E-state index contributed by atoms with van der Waals surface area (Å²) in [6, 6.07) is 5.41. The number of nitrogens with two attached hydrogens (primary N) is 2. The molecule has 3 nitrogen and oxygen atoms in total. The first-order valence-electron chi connectivity index (χ1n) is 5.72. The van der Waals surface area contributed by atoms with Gasteiger partial charge in [-0.2, -0.15) is 0 Å². The Labute approximate surface area is 97.5 Å². The molecule has 0 spiro atoms. The molecule has 90 valence electrons. The Bertz CT molecular complexity index is 361. The van der Waals surface area contributed by atoms with Gasteiger partial charge in [0.25, 0.3) is 0 Å². The minimum Gasteiger partial charge on any atom is -0.507 e. The van der Waals surface area contributed by atoms with E-state index >= 15 is 0 Å². The second-order valence-electron chi connectivity index (χ2n) is 4.82. The number of phenols is 1. The highest BCUT2D eigenvalue weighted by atomic mass is 16.3. The summed E-state index contributed by atoms with van der Waals surface area (Å²) in [5, 5.41) is 10.2. The van der Waals surface area contributed by atoms with Crippen LogP contribution in [0.5, 0.6) is 5.75 Å². The second-order valence-corrected chi connectivity index (χ2v) is 4.82. The summed E-state index contributed by atoms with van der Waals surface area (Å²) in [5.74, 6) is 0.298. The van der Waals surface area contributed by atoms with E-state index in [9.17, 15) is 5.11 Å². The van der Waals surface area contributed by atoms with Crippen LogP contribution in [0.15, 0.2) is 18.2 Å².